The first-order valence-corrected chi connectivity index (χ1v) is 5.79. The summed E-state index contributed by atoms with van der Waals surface area (Å²) in [6, 6.07) is 5.04. The highest BCUT2D eigenvalue weighted by Gasteiger charge is 2.11. The quantitative estimate of drug-likeness (QED) is 0.778. The molecule has 0 spiro atoms. The van der Waals surface area contributed by atoms with Crippen molar-refractivity contribution in [3.63, 3.8) is 0 Å². The van der Waals surface area contributed by atoms with E-state index in [0.717, 1.165) is 0 Å². The van der Waals surface area contributed by atoms with E-state index in [1.807, 2.05) is 0 Å². The summed E-state index contributed by atoms with van der Waals surface area (Å²) in [5.41, 5.74) is 0.336. The summed E-state index contributed by atoms with van der Waals surface area (Å²) in [5.74, 6) is -1.28. The van der Waals surface area contributed by atoms with Gasteiger partial charge in [0.25, 0.3) is 5.91 Å². The van der Waals surface area contributed by atoms with Crippen LogP contribution in [-0.4, -0.2) is 37.9 Å². The lowest BCUT2D eigenvalue weighted by molar-refractivity contribution is -0.137. The largest absolute Gasteiger partial charge is 0.480 e. The smallest absolute Gasteiger partial charge is 0.323 e. The average molecular weight is 262 g/mol. The summed E-state index contributed by atoms with van der Waals surface area (Å²) in [5, 5.41) is 15.5. The van der Waals surface area contributed by atoms with Crippen molar-refractivity contribution in [3.05, 3.63) is 42.5 Å². The Balaban J connectivity index is 1.89. The molecule has 19 heavy (non-hydrogen) atoms. The molecule has 2 N–H and O–H groups in total. The number of carbonyl (C=O) groups is 2. The molecule has 0 saturated heterocycles. The van der Waals surface area contributed by atoms with Crippen molar-refractivity contribution in [2.75, 3.05) is 6.54 Å². The van der Waals surface area contributed by atoms with Crippen molar-refractivity contribution < 1.29 is 14.7 Å². The number of rotatable bonds is 6. The first-order chi connectivity index (χ1) is 9.16. The molecule has 0 aliphatic carbocycles. The number of aliphatic carboxylic acids is 1. The van der Waals surface area contributed by atoms with Gasteiger partial charge in [-0.05, 0) is 18.2 Å². The Morgan fingerprint density at radius 2 is 2.16 bits per heavy atom. The third kappa shape index (κ3) is 3.44. The third-order valence-electron chi connectivity index (χ3n) is 2.55. The summed E-state index contributed by atoms with van der Waals surface area (Å²) < 4.78 is 3.10. The molecular formula is C12H14N4O3. The van der Waals surface area contributed by atoms with E-state index in [2.05, 4.69) is 10.4 Å². The van der Waals surface area contributed by atoms with Gasteiger partial charge in [0.05, 0.1) is 6.54 Å². The van der Waals surface area contributed by atoms with E-state index in [1.165, 1.54) is 4.57 Å². The van der Waals surface area contributed by atoms with Crippen LogP contribution in [0.3, 0.4) is 0 Å². The van der Waals surface area contributed by atoms with E-state index < -0.39 is 5.97 Å². The maximum Gasteiger partial charge on any atom is 0.323 e. The first kappa shape index (κ1) is 12.9. The number of amides is 1. The lowest BCUT2D eigenvalue weighted by Crippen LogP contribution is -2.29. The van der Waals surface area contributed by atoms with Gasteiger partial charge in [0.1, 0.15) is 12.2 Å². The lowest BCUT2D eigenvalue weighted by atomic mass is 10.4. The predicted octanol–water partition coefficient (Wildman–Crippen LogP) is 0.199. The number of carboxylic acids is 1. The van der Waals surface area contributed by atoms with E-state index in [4.69, 9.17) is 5.11 Å². The van der Waals surface area contributed by atoms with Gasteiger partial charge in [0, 0.05) is 25.1 Å². The van der Waals surface area contributed by atoms with Gasteiger partial charge >= 0.3 is 5.97 Å². The van der Waals surface area contributed by atoms with Crippen LogP contribution in [0.4, 0.5) is 0 Å². The Morgan fingerprint density at radius 3 is 2.84 bits per heavy atom. The molecule has 0 radical (unpaired) electrons. The topological polar surface area (TPSA) is 89.1 Å². The molecule has 0 aromatic carbocycles. The van der Waals surface area contributed by atoms with Crippen LogP contribution in [-0.2, 0) is 17.9 Å². The molecule has 0 saturated carbocycles. The Morgan fingerprint density at radius 1 is 1.32 bits per heavy atom. The molecule has 100 valence electrons. The van der Waals surface area contributed by atoms with E-state index in [-0.39, 0.29) is 12.5 Å². The van der Waals surface area contributed by atoms with Crippen LogP contribution in [0.15, 0.2) is 36.8 Å². The van der Waals surface area contributed by atoms with Crippen LogP contribution >= 0.6 is 0 Å². The molecule has 7 heteroatoms. The molecule has 0 aliphatic rings. The minimum atomic E-state index is -0.984. The number of nitrogens with zero attached hydrogens (tertiary/aromatic N) is 3. The Labute approximate surface area is 109 Å². The zero-order valence-electron chi connectivity index (χ0n) is 10.2. The van der Waals surface area contributed by atoms with Gasteiger partial charge in [-0.1, -0.05) is 0 Å². The van der Waals surface area contributed by atoms with Crippen LogP contribution in [0, 0.1) is 0 Å². The molecule has 2 aromatic heterocycles. The van der Waals surface area contributed by atoms with Crippen molar-refractivity contribution in [3.8, 4) is 0 Å². The fraction of sp³-hybridized carbons (Fsp3) is 0.250. The molecule has 2 heterocycles. The van der Waals surface area contributed by atoms with E-state index in [9.17, 15) is 9.59 Å². The fourth-order valence-corrected chi connectivity index (χ4v) is 1.71. The number of nitrogens with one attached hydrogen (secondary N) is 1. The normalized spacial score (nSPS) is 10.3. The molecule has 7 nitrogen and oxygen atoms in total. The highest BCUT2D eigenvalue weighted by atomic mass is 16.4. The minimum Gasteiger partial charge on any atom is -0.480 e. The van der Waals surface area contributed by atoms with Crippen LogP contribution in [0.25, 0.3) is 0 Å². The monoisotopic (exact) mass is 262 g/mol. The summed E-state index contributed by atoms with van der Waals surface area (Å²) in [7, 11) is 0. The van der Waals surface area contributed by atoms with Crippen LogP contribution in [0.5, 0.6) is 0 Å². The number of hydrogen-bond acceptors (Lipinski definition) is 3. The van der Waals surface area contributed by atoms with Gasteiger partial charge in [0.15, 0.2) is 0 Å². The molecule has 2 aromatic rings. The van der Waals surface area contributed by atoms with Crippen molar-refractivity contribution in [1.29, 1.82) is 0 Å². The van der Waals surface area contributed by atoms with Gasteiger partial charge in [-0.15, -0.1) is 0 Å². The number of carboxylic acid groups (broad SMARTS) is 1. The van der Waals surface area contributed by atoms with Crippen molar-refractivity contribution in [1.82, 2.24) is 19.7 Å². The van der Waals surface area contributed by atoms with Crippen LogP contribution in [0.1, 0.15) is 10.5 Å². The maximum atomic E-state index is 11.9. The van der Waals surface area contributed by atoms with E-state index in [0.29, 0.717) is 18.8 Å². The van der Waals surface area contributed by atoms with E-state index >= 15 is 0 Å². The number of aromatic nitrogens is 3. The lowest BCUT2D eigenvalue weighted by Gasteiger charge is -2.08. The second kappa shape index (κ2) is 5.85. The van der Waals surface area contributed by atoms with Crippen molar-refractivity contribution >= 4 is 11.9 Å². The van der Waals surface area contributed by atoms with Gasteiger partial charge in [-0.2, -0.15) is 5.10 Å². The number of carbonyl (C=O) groups excluding carboxylic acids is 1. The van der Waals surface area contributed by atoms with Crippen LogP contribution in [0.2, 0.25) is 0 Å². The average Bonchev–Trinajstić information content (AvgIpc) is 2.99. The minimum absolute atomic E-state index is 0.227. The molecule has 0 bridgehead atoms. The van der Waals surface area contributed by atoms with Gasteiger partial charge in [-0.3, -0.25) is 14.3 Å². The Kier molecular flexibility index (Phi) is 3.97. The second-order valence-electron chi connectivity index (χ2n) is 3.94. The molecule has 0 aliphatic heterocycles. The van der Waals surface area contributed by atoms with Crippen molar-refractivity contribution in [2.24, 2.45) is 0 Å². The fourth-order valence-electron chi connectivity index (χ4n) is 1.71. The van der Waals surface area contributed by atoms with Gasteiger partial charge in [-0.25, -0.2) is 0 Å². The Hall–Kier alpha value is -2.57. The molecule has 0 unspecified atom stereocenters. The predicted molar refractivity (Wildman–Crippen MR) is 66.6 cm³/mol. The summed E-state index contributed by atoms with van der Waals surface area (Å²) in [6.45, 7) is 0.770. The molecule has 0 atom stereocenters. The molecule has 1 amide bonds. The summed E-state index contributed by atoms with van der Waals surface area (Å²) in [6.07, 6.45) is 5.04. The summed E-state index contributed by atoms with van der Waals surface area (Å²) >= 11 is 0. The molecular weight excluding hydrogens is 248 g/mol. The summed E-state index contributed by atoms with van der Waals surface area (Å²) in [4.78, 5) is 22.5. The standard InChI is InChI=1S/C12H14N4O3/c17-11(18)9-15-6-1-3-10(15)12(19)13-5-8-16-7-2-4-14-16/h1-4,6-7H,5,8-9H2,(H,13,19)(H,17,18). The highest BCUT2D eigenvalue weighted by molar-refractivity contribution is 5.93. The maximum absolute atomic E-state index is 11.9. The molecule has 2 rings (SSSR count). The first-order valence-electron chi connectivity index (χ1n) is 5.79. The Bertz CT molecular complexity index is 559. The third-order valence-corrected chi connectivity index (χ3v) is 2.55. The second-order valence-corrected chi connectivity index (χ2v) is 3.94. The van der Waals surface area contributed by atoms with Crippen LogP contribution < -0.4 is 5.32 Å². The van der Waals surface area contributed by atoms with E-state index in [1.54, 1.807) is 41.5 Å². The zero-order valence-corrected chi connectivity index (χ0v) is 10.2. The van der Waals surface area contributed by atoms with Crippen molar-refractivity contribution in [2.45, 2.75) is 13.1 Å². The van der Waals surface area contributed by atoms with Gasteiger partial charge < -0.3 is 15.0 Å². The van der Waals surface area contributed by atoms with Gasteiger partial charge in [0.2, 0.25) is 0 Å². The SMILES string of the molecule is O=C(O)Cn1cccc1C(=O)NCCn1cccn1. The highest BCUT2D eigenvalue weighted by Crippen LogP contribution is 2.02. The zero-order chi connectivity index (χ0) is 13.7. The molecule has 0 fully saturated rings. The number of hydrogen-bond donors (Lipinski definition) is 2.